The second-order valence-corrected chi connectivity index (χ2v) is 6.81. The second-order valence-electron chi connectivity index (χ2n) is 6.81. The van der Waals surface area contributed by atoms with E-state index in [0.717, 1.165) is 25.9 Å². The first-order valence-electron chi connectivity index (χ1n) is 9.41. The van der Waals surface area contributed by atoms with Gasteiger partial charge in [0.1, 0.15) is 12.2 Å². The van der Waals surface area contributed by atoms with Gasteiger partial charge in [-0.2, -0.15) is 4.98 Å². The molecule has 9 nitrogen and oxygen atoms in total. The molecular formula is C17H29N5O4. The Morgan fingerprint density at radius 3 is 2.77 bits per heavy atom. The van der Waals surface area contributed by atoms with Crippen LogP contribution in [0.2, 0.25) is 0 Å². The lowest BCUT2D eigenvalue weighted by Gasteiger charge is -2.35. The molecule has 0 saturated carbocycles. The first-order valence-corrected chi connectivity index (χ1v) is 9.41. The number of rotatable bonds is 7. The van der Waals surface area contributed by atoms with Crippen LogP contribution in [0, 0.1) is 0 Å². The van der Waals surface area contributed by atoms with E-state index in [2.05, 4.69) is 15.0 Å². The second kappa shape index (κ2) is 8.90. The average molecular weight is 367 g/mol. The first kappa shape index (κ1) is 19.2. The minimum absolute atomic E-state index is 0.0241. The van der Waals surface area contributed by atoms with Gasteiger partial charge in [0.2, 0.25) is 5.89 Å². The number of hydrogen-bond acceptors (Lipinski definition) is 8. The Kier molecular flexibility index (Phi) is 6.58. The number of carbonyl (C=O) groups excluding carboxylic acids is 1. The predicted molar refractivity (Wildman–Crippen MR) is 93.1 cm³/mol. The maximum atomic E-state index is 12.6. The van der Waals surface area contributed by atoms with E-state index in [1.807, 2.05) is 18.7 Å². The van der Waals surface area contributed by atoms with Gasteiger partial charge in [-0.15, -0.1) is 0 Å². The maximum absolute atomic E-state index is 12.6. The standard InChI is InChI=1S/C17H29N5O4/c1-3-24-12(2)16-19-15(26-20-16)11-21-6-8-22(9-7-21)17(23)14-5-4-13(10-18)25-14/h12-14H,3-11,18H2,1-2H3/t12?,13-,14+/m1/s1. The Bertz CT molecular complexity index is 587. The molecule has 0 spiro atoms. The first-order chi connectivity index (χ1) is 12.6. The van der Waals surface area contributed by atoms with E-state index in [1.54, 1.807) is 0 Å². The highest BCUT2D eigenvalue weighted by Gasteiger charge is 2.34. The van der Waals surface area contributed by atoms with Crippen LogP contribution in [0.15, 0.2) is 4.52 Å². The molecule has 1 aromatic rings. The number of hydrogen-bond donors (Lipinski definition) is 1. The molecule has 0 bridgehead atoms. The summed E-state index contributed by atoms with van der Waals surface area (Å²) >= 11 is 0. The van der Waals surface area contributed by atoms with Gasteiger partial charge in [0.05, 0.1) is 12.6 Å². The molecule has 2 fully saturated rings. The van der Waals surface area contributed by atoms with Crippen molar-refractivity contribution in [3.63, 3.8) is 0 Å². The topological polar surface area (TPSA) is 107 Å². The van der Waals surface area contributed by atoms with Crippen LogP contribution in [-0.4, -0.2) is 77.4 Å². The summed E-state index contributed by atoms with van der Waals surface area (Å²) in [5.41, 5.74) is 5.62. The van der Waals surface area contributed by atoms with Gasteiger partial charge in [-0.1, -0.05) is 5.16 Å². The highest BCUT2D eigenvalue weighted by molar-refractivity contribution is 5.81. The molecule has 3 atom stereocenters. The van der Waals surface area contributed by atoms with Crippen molar-refractivity contribution in [2.45, 2.75) is 51.5 Å². The van der Waals surface area contributed by atoms with Crippen LogP contribution >= 0.6 is 0 Å². The highest BCUT2D eigenvalue weighted by atomic mass is 16.5. The van der Waals surface area contributed by atoms with Crippen molar-refractivity contribution < 1.29 is 18.8 Å². The van der Waals surface area contributed by atoms with Crippen molar-refractivity contribution in [3.8, 4) is 0 Å². The zero-order valence-corrected chi connectivity index (χ0v) is 15.6. The molecule has 9 heteroatoms. The van der Waals surface area contributed by atoms with E-state index in [1.165, 1.54) is 0 Å². The summed E-state index contributed by atoms with van der Waals surface area (Å²) in [7, 11) is 0. The zero-order valence-electron chi connectivity index (χ0n) is 15.6. The Hall–Kier alpha value is -1.55. The normalized spacial score (nSPS) is 25.6. The number of carbonyl (C=O) groups is 1. The highest BCUT2D eigenvalue weighted by Crippen LogP contribution is 2.21. The number of amides is 1. The van der Waals surface area contributed by atoms with Gasteiger partial charge in [0.25, 0.3) is 5.91 Å². The van der Waals surface area contributed by atoms with Gasteiger partial charge in [-0.25, -0.2) is 0 Å². The fourth-order valence-corrected chi connectivity index (χ4v) is 3.40. The maximum Gasteiger partial charge on any atom is 0.251 e. The van der Waals surface area contributed by atoms with Gasteiger partial charge in [-0.3, -0.25) is 9.69 Å². The van der Waals surface area contributed by atoms with Crippen LogP contribution < -0.4 is 5.73 Å². The van der Waals surface area contributed by atoms with Gasteiger partial charge >= 0.3 is 0 Å². The van der Waals surface area contributed by atoms with Crippen LogP contribution in [0.4, 0.5) is 0 Å². The minimum atomic E-state index is -0.325. The molecule has 2 N–H and O–H groups in total. The molecule has 1 amide bonds. The molecule has 1 aromatic heterocycles. The van der Waals surface area contributed by atoms with Crippen molar-refractivity contribution in [2.75, 3.05) is 39.3 Å². The van der Waals surface area contributed by atoms with Crippen LogP contribution in [0.25, 0.3) is 0 Å². The molecule has 0 aliphatic carbocycles. The molecule has 26 heavy (non-hydrogen) atoms. The van der Waals surface area contributed by atoms with E-state index < -0.39 is 0 Å². The van der Waals surface area contributed by atoms with Crippen molar-refractivity contribution in [1.82, 2.24) is 19.9 Å². The van der Waals surface area contributed by atoms with Crippen LogP contribution in [-0.2, 0) is 20.8 Å². The smallest absolute Gasteiger partial charge is 0.251 e. The monoisotopic (exact) mass is 367 g/mol. The van der Waals surface area contributed by atoms with Crippen LogP contribution in [0.3, 0.4) is 0 Å². The average Bonchev–Trinajstić information content (AvgIpc) is 3.31. The lowest BCUT2D eigenvalue weighted by atomic mass is 10.1. The van der Waals surface area contributed by atoms with Crippen molar-refractivity contribution in [1.29, 1.82) is 0 Å². The van der Waals surface area contributed by atoms with Crippen molar-refractivity contribution >= 4 is 5.91 Å². The van der Waals surface area contributed by atoms with Gasteiger partial charge in [0.15, 0.2) is 5.82 Å². The summed E-state index contributed by atoms with van der Waals surface area (Å²) in [6, 6.07) is 0. The van der Waals surface area contributed by atoms with Crippen molar-refractivity contribution in [2.24, 2.45) is 5.73 Å². The zero-order chi connectivity index (χ0) is 18.5. The predicted octanol–water partition coefficient (Wildman–Crippen LogP) is 0.318. The number of aromatic nitrogens is 2. The summed E-state index contributed by atoms with van der Waals surface area (Å²) in [4.78, 5) is 21.1. The largest absolute Gasteiger partial charge is 0.371 e. The molecule has 2 saturated heterocycles. The van der Waals surface area contributed by atoms with E-state index in [4.69, 9.17) is 19.7 Å². The molecule has 2 aliphatic heterocycles. The molecule has 2 aliphatic rings. The van der Waals surface area contributed by atoms with E-state index in [0.29, 0.717) is 44.5 Å². The Morgan fingerprint density at radius 2 is 2.12 bits per heavy atom. The molecule has 0 aromatic carbocycles. The quantitative estimate of drug-likeness (QED) is 0.734. The summed E-state index contributed by atoms with van der Waals surface area (Å²) in [6.45, 7) is 8.43. The molecule has 3 rings (SSSR count). The third kappa shape index (κ3) is 4.59. The third-order valence-corrected chi connectivity index (χ3v) is 4.95. The summed E-state index contributed by atoms with van der Waals surface area (Å²) in [5, 5.41) is 3.98. The molecule has 1 unspecified atom stereocenters. The molecule has 146 valence electrons. The Morgan fingerprint density at radius 1 is 1.35 bits per heavy atom. The van der Waals surface area contributed by atoms with Crippen molar-refractivity contribution in [3.05, 3.63) is 11.7 Å². The van der Waals surface area contributed by atoms with Crippen LogP contribution in [0.5, 0.6) is 0 Å². The Labute approximate surface area is 153 Å². The van der Waals surface area contributed by atoms with E-state index >= 15 is 0 Å². The third-order valence-electron chi connectivity index (χ3n) is 4.95. The minimum Gasteiger partial charge on any atom is -0.371 e. The van der Waals surface area contributed by atoms with Gasteiger partial charge in [-0.05, 0) is 26.7 Å². The lowest BCUT2D eigenvalue weighted by Crippen LogP contribution is -2.51. The summed E-state index contributed by atoms with van der Waals surface area (Å²) in [5.74, 6) is 1.24. The molecule has 3 heterocycles. The van der Waals surface area contributed by atoms with E-state index in [9.17, 15) is 4.79 Å². The van der Waals surface area contributed by atoms with Gasteiger partial charge < -0.3 is 24.6 Å². The summed E-state index contributed by atoms with van der Waals surface area (Å²) < 4.78 is 16.5. The molecule has 0 radical (unpaired) electrons. The number of piperazine rings is 1. The van der Waals surface area contributed by atoms with Gasteiger partial charge in [0, 0.05) is 39.3 Å². The van der Waals surface area contributed by atoms with Crippen LogP contribution in [0.1, 0.15) is 44.5 Å². The number of nitrogens with zero attached hydrogens (tertiary/aromatic N) is 4. The number of nitrogens with two attached hydrogens (primary N) is 1. The SMILES string of the molecule is CCOC(C)c1noc(CN2CCN(C(=O)[C@@H]3CC[C@H](CN)O3)CC2)n1. The fraction of sp³-hybridized carbons (Fsp3) is 0.824. The fourth-order valence-electron chi connectivity index (χ4n) is 3.40. The molecular weight excluding hydrogens is 338 g/mol. The number of ether oxygens (including phenoxy) is 2. The summed E-state index contributed by atoms with van der Waals surface area (Å²) in [6.07, 6.45) is 1.16. The van der Waals surface area contributed by atoms with E-state index in [-0.39, 0.29) is 24.2 Å². The Balaban J connectivity index is 1.44. The lowest BCUT2D eigenvalue weighted by molar-refractivity contribution is -0.144.